The van der Waals surface area contributed by atoms with Crippen molar-refractivity contribution in [3.8, 4) is 77.7 Å². The number of para-hydroxylation sites is 2. The van der Waals surface area contributed by atoms with E-state index in [1.54, 1.807) is 47.2 Å². The van der Waals surface area contributed by atoms with Crippen molar-refractivity contribution in [2.45, 2.75) is 33.2 Å². The molecule has 13 aromatic rings. The summed E-state index contributed by atoms with van der Waals surface area (Å²) in [6.45, 7) is 7.36. The summed E-state index contributed by atoms with van der Waals surface area (Å²) in [5.74, 6) is 1.04. The number of rotatable bonds is 11. The summed E-state index contributed by atoms with van der Waals surface area (Å²) in [5.41, 5.74) is 15.5. The number of pyridine rings is 4. The zero-order chi connectivity index (χ0) is 50.1. The highest BCUT2D eigenvalue weighted by molar-refractivity contribution is 7.16. The number of hydrogen-bond donors (Lipinski definition) is 5. The molecule has 1 aliphatic rings. The van der Waals surface area contributed by atoms with Crippen LogP contribution in [-0.4, -0.2) is 84.2 Å². The minimum absolute atomic E-state index is 0.232. The molecule has 17 heteroatoms. The highest BCUT2D eigenvalue weighted by Gasteiger charge is 2.24. The van der Waals surface area contributed by atoms with E-state index in [1.165, 1.54) is 23.3 Å². The van der Waals surface area contributed by atoms with Gasteiger partial charge in [0.2, 0.25) is 0 Å². The number of thiophene rings is 2. The number of carbonyl (C=O) groups is 1. The summed E-state index contributed by atoms with van der Waals surface area (Å²) in [5, 5.41) is 21.0. The van der Waals surface area contributed by atoms with Crippen molar-refractivity contribution in [2.24, 2.45) is 0 Å². The fourth-order valence-corrected chi connectivity index (χ4v) is 12.2. The minimum Gasteiger partial charge on any atom is -0.337 e. The van der Waals surface area contributed by atoms with E-state index in [0.29, 0.717) is 45.7 Å². The topological polar surface area (TPSA) is 199 Å². The number of nitrogens with zero attached hydrogens (tertiary/aromatic N) is 9. The lowest BCUT2D eigenvalue weighted by atomic mass is 10.0. The van der Waals surface area contributed by atoms with Crippen LogP contribution in [0.1, 0.15) is 38.5 Å². The maximum atomic E-state index is 13.3. The molecule has 15 nitrogen and oxygen atoms in total. The Morgan fingerprint density at radius 3 is 2.08 bits per heavy atom. The Hall–Kier alpha value is -9.03. The van der Waals surface area contributed by atoms with E-state index in [1.807, 2.05) is 67.1 Å². The second-order valence-electron chi connectivity index (χ2n) is 19.0. The van der Waals surface area contributed by atoms with Crippen LogP contribution in [0, 0.1) is 13.8 Å². The van der Waals surface area contributed by atoms with Crippen molar-refractivity contribution in [3.63, 3.8) is 0 Å². The monoisotopic (exact) mass is 1020 g/mol. The number of carbonyl (C=O) groups excluding carboxylic acids is 1. The number of benzene rings is 3. The van der Waals surface area contributed by atoms with Gasteiger partial charge in [0.05, 0.1) is 68.3 Å². The van der Waals surface area contributed by atoms with Crippen molar-refractivity contribution in [1.82, 2.24) is 65.2 Å². The van der Waals surface area contributed by atoms with Gasteiger partial charge in [0.15, 0.2) is 11.6 Å². The SMILES string of the molecule is Cc1ccc(-c2cccc3[nH]c(-c4n[nH]c5c(-c6cc(-c7cccc8[nH]c(-c9n[nH]c%10cnc(-c%11cncc(CN%12CCCC%12)c%11)cc9%10)nc78)sc6C)nc(-c6cncc(NC(=O)c7ccccc7)c6)cc45)nc23)s1. The highest BCUT2D eigenvalue weighted by Crippen LogP contribution is 2.44. The predicted octanol–water partition coefficient (Wildman–Crippen LogP) is 13.0. The molecule has 1 saturated heterocycles. The molecule has 0 spiro atoms. The second-order valence-corrected chi connectivity index (χ2v) is 21.5. The number of hydrogen-bond acceptors (Lipinski definition) is 12. The molecule has 75 heavy (non-hydrogen) atoms. The third kappa shape index (κ3) is 8.13. The first-order valence-electron chi connectivity index (χ1n) is 24.7. The Morgan fingerprint density at radius 1 is 0.613 bits per heavy atom. The quantitative estimate of drug-likeness (QED) is 0.0831. The molecule has 3 aromatic carbocycles. The van der Waals surface area contributed by atoms with Crippen molar-refractivity contribution in [3.05, 3.63) is 161 Å². The number of aromatic nitrogens is 12. The highest BCUT2D eigenvalue weighted by atomic mass is 32.1. The van der Waals surface area contributed by atoms with Crippen molar-refractivity contribution in [2.75, 3.05) is 18.4 Å². The number of fused-ring (bicyclic) bond motifs is 4. The number of likely N-dealkylation sites (tertiary alicyclic amines) is 1. The fourth-order valence-electron chi connectivity index (χ4n) is 10.3. The zero-order valence-corrected chi connectivity index (χ0v) is 42.2. The molecule has 1 fully saturated rings. The molecule has 14 rings (SSSR count). The number of nitrogens with one attached hydrogen (secondary N) is 5. The maximum absolute atomic E-state index is 13.3. The molecule has 1 aliphatic heterocycles. The molecular weight excluding hydrogens is 973 g/mol. The number of aromatic amines is 4. The number of aryl methyl sites for hydroxylation is 2. The fraction of sp³-hybridized carbons (Fsp3) is 0.121. The van der Waals surface area contributed by atoms with Gasteiger partial charge in [-0.3, -0.25) is 34.8 Å². The molecule has 0 aliphatic carbocycles. The summed E-state index contributed by atoms with van der Waals surface area (Å²) >= 11 is 3.42. The Kier molecular flexibility index (Phi) is 10.8. The third-order valence-electron chi connectivity index (χ3n) is 13.9. The average molecular weight is 1020 g/mol. The van der Waals surface area contributed by atoms with Gasteiger partial charge in [-0.1, -0.05) is 42.5 Å². The molecular formula is C58H44N14OS2. The van der Waals surface area contributed by atoms with Gasteiger partial charge in [-0.05, 0) is 112 Å². The Bertz CT molecular complexity index is 4340. The summed E-state index contributed by atoms with van der Waals surface area (Å²) in [7, 11) is 0. The number of imidazole rings is 2. The first kappa shape index (κ1) is 44.7. The summed E-state index contributed by atoms with van der Waals surface area (Å²) in [6, 6.07) is 36.2. The van der Waals surface area contributed by atoms with E-state index in [-0.39, 0.29) is 5.91 Å². The van der Waals surface area contributed by atoms with Crippen molar-refractivity contribution in [1.29, 1.82) is 0 Å². The van der Waals surface area contributed by atoms with Gasteiger partial charge >= 0.3 is 0 Å². The molecule has 0 radical (unpaired) electrons. The standard InChI is InChI=1S/C58H44N14OS2/c1-31-16-17-48(74-31)38-12-8-14-43-50(38)66-57(65-43)55-42-23-46(36-21-37(28-60-27-36)62-58(73)34-10-4-3-5-11-34)63-52(53(42)69-71-55)40-24-49(75-32(40)2)39-13-9-15-44-51(39)67-56(64-44)54-41-22-45(61-29-47(41)68-70-54)35-20-33(25-59-26-35)30-72-18-6-7-19-72/h3-5,8-17,20-29H,6-7,18-19,30H2,1-2H3,(H,62,73)(H,64,67)(H,65,66)(H,68,70)(H,69,71). The van der Waals surface area contributed by atoms with E-state index in [0.717, 1.165) is 112 Å². The largest absolute Gasteiger partial charge is 0.337 e. The van der Waals surface area contributed by atoms with Crippen molar-refractivity contribution >= 4 is 78.1 Å². The smallest absolute Gasteiger partial charge is 0.255 e. The van der Waals surface area contributed by atoms with Gasteiger partial charge in [0.25, 0.3) is 5.91 Å². The lowest BCUT2D eigenvalue weighted by molar-refractivity contribution is 0.102. The van der Waals surface area contributed by atoms with Gasteiger partial charge in [-0.15, -0.1) is 22.7 Å². The van der Waals surface area contributed by atoms with Gasteiger partial charge in [-0.25, -0.2) is 15.0 Å². The second kappa shape index (κ2) is 18.2. The van der Waals surface area contributed by atoms with E-state index < -0.39 is 0 Å². The maximum Gasteiger partial charge on any atom is 0.255 e. The van der Waals surface area contributed by atoms with Crippen LogP contribution in [0.25, 0.3) is 122 Å². The van der Waals surface area contributed by atoms with Gasteiger partial charge in [0, 0.05) is 88.8 Å². The molecule has 5 N–H and O–H groups in total. The molecule has 10 aromatic heterocycles. The van der Waals surface area contributed by atoms with Crippen LogP contribution in [0.2, 0.25) is 0 Å². The number of H-pyrrole nitrogens is 4. The molecule has 11 heterocycles. The summed E-state index contributed by atoms with van der Waals surface area (Å²) < 4.78 is 0. The lowest BCUT2D eigenvalue weighted by Crippen LogP contribution is -2.18. The van der Waals surface area contributed by atoms with E-state index in [9.17, 15) is 4.79 Å². The number of amides is 1. The van der Waals surface area contributed by atoms with Crippen LogP contribution < -0.4 is 5.32 Å². The third-order valence-corrected chi connectivity index (χ3v) is 16.1. The van der Waals surface area contributed by atoms with Crippen LogP contribution in [-0.2, 0) is 6.54 Å². The molecule has 0 bridgehead atoms. The molecule has 0 saturated carbocycles. The Balaban J connectivity index is 0.855. The predicted molar refractivity (Wildman–Crippen MR) is 298 cm³/mol. The number of anilines is 1. The zero-order valence-electron chi connectivity index (χ0n) is 40.6. The molecule has 0 unspecified atom stereocenters. The first-order valence-corrected chi connectivity index (χ1v) is 26.3. The van der Waals surface area contributed by atoms with Crippen LogP contribution >= 0.6 is 22.7 Å². The normalized spacial score (nSPS) is 13.0. The molecule has 364 valence electrons. The summed E-state index contributed by atoms with van der Waals surface area (Å²) in [4.78, 5) is 57.2. The van der Waals surface area contributed by atoms with Crippen LogP contribution in [0.15, 0.2) is 140 Å². The average Bonchev–Trinajstić information content (AvgIpc) is 4.33. The first-order chi connectivity index (χ1) is 36.8. The van der Waals surface area contributed by atoms with Crippen LogP contribution in [0.5, 0.6) is 0 Å². The van der Waals surface area contributed by atoms with Gasteiger partial charge in [-0.2, -0.15) is 10.2 Å². The summed E-state index contributed by atoms with van der Waals surface area (Å²) in [6.07, 6.45) is 11.5. The molecule has 1 amide bonds. The Labute approximate surface area is 436 Å². The van der Waals surface area contributed by atoms with E-state index >= 15 is 0 Å². The van der Waals surface area contributed by atoms with Crippen LogP contribution in [0.4, 0.5) is 5.69 Å². The lowest BCUT2D eigenvalue weighted by Gasteiger charge is -2.14. The Morgan fingerprint density at radius 2 is 1.32 bits per heavy atom. The molecule has 0 atom stereocenters. The van der Waals surface area contributed by atoms with Gasteiger partial charge < -0.3 is 15.3 Å². The minimum atomic E-state index is -0.232. The van der Waals surface area contributed by atoms with E-state index in [4.69, 9.17) is 30.1 Å². The van der Waals surface area contributed by atoms with Crippen molar-refractivity contribution < 1.29 is 4.79 Å². The van der Waals surface area contributed by atoms with Crippen LogP contribution in [0.3, 0.4) is 0 Å². The van der Waals surface area contributed by atoms with Gasteiger partial charge in [0.1, 0.15) is 11.4 Å². The van der Waals surface area contributed by atoms with E-state index in [2.05, 4.69) is 103 Å².